The standard InChI is InChI=1S/C15H17Cl3N2O2/c1-9(16)14(21)19-11-4-6-20(7-5-11)15(22)10-2-3-12(17)13(18)8-10/h2-3,8-9,11H,4-7H2,1H3,(H,19,21). The average molecular weight is 364 g/mol. The summed E-state index contributed by atoms with van der Waals surface area (Å²) >= 11 is 17.5. The maximum Gasteiger partial charge on any atom is 0.253 e. The van der Waals surface area contributed by atoms with Crippen LogP contribution in [-0.4, -0.2) is 41.2 Å². The van der Waals surface area contributed by atoms with Gasteiger partial charge in [-0.2, -0.15) is 0 Å². The number of benzene rings is 1. The van der Waals surface area contributed by atoms with E-state index in [2.05, 4.69) is 5.32 Å². The van der Waals surface area contributed by atoms with Gasteiger partial charge < -0.3 is 10.2 Å². The van der Waals surface area contributed by atoms with E-state index in [1.54, 1.807) is 30.0 Å². The molecule has 1 N–H and O–H groups in total. The van der Waals surface area contributed by atoms with Crippen LogP contribution in [0.1, 0.15) is 30.1 Å². The van der Waals surface area contributed by atoms with E-state index in [1.165, 1.54) is 0 Å². The molecule has 0 aromatic heterocycles. The van der Waals surface area contributed by atoms with Gasteiger partial charge in [0.25, 0.3) is 5.91 Å². The van der Waals surface area contributed by atoms with E-state index in [9.17, 15) is 9.59 Å². The quantitative estimate of drug-likeness (QED) is 0.837. The third-order valence-corrected chi connectivity index (χ3v) is 4.59. The minimum Gasteiger partial charge on any atom is -0.352 e. The fourth-order valence-electron chi connectivity index (χ4n) is 2.35. The molecule has 0 radical (unpaired) electrons. The molecule has 1 fully saturated rings. The number of piperidine rings is 1. The number of nitrogens with one attached hydrogen (secondary N) is 1. The summed E-state index contributed by atoms with van der Waals surface area (Å²) in [7, 11) is 0. The van der Waals surface area contributed by atoms with Crippen molar-refractivity contribution in [1.82, 2.24) is 10.2 Å². The fourth-order valence-corrected chi connectivity index (χ4v) is 2.72. The van der Waals surface area contributed by atoms with E-state index < -0.39 is 5.38 Å². The van der Waals surface area contributed by atoms with Crippen molar-refractivity contribution in [3.63, 3.8) is 0 Å². The van der Waals surface area contributed by atoms with Crippen LogP contribution in [0.3, 0.4) is 0 Å². The highest BCUT2D eigenvalue weighted by atomic mass is 35.5. The lowest BCUT2D eigenvalue weighted by molar-refractivity contribution is -0.121. The normalized spacial score (nSPS) is 17.2. The molecule has 1 aromatic rings. The van der Waals surface area contributed by atoms with Gasteiger partial charge in [-0.05, 0) is 38.0 Å². The van der Waals surface area contributed by atoms with Gasteiger partial charge in [-0.15, -0.1) is 11.6 Å². The summed E-state index contributed by atoms with van der Waals surface area (Å²) in [6.07, 6.45) is 1.42. The molecule has 1 aliphatic heterocycles. The molecular weight excluding hydrogens is 347 g/mol. The van der Waals surface area contributed by atoms with Gasteiger partial charge in [0.2, 0.25) is 5.91 Å². The minimum absolute atomic E-state index is 0.0616. The topological polar surface area (TPSA) is 49.4 Å². The van der Waals surface area contributed by atoms with E-state index in [-0.39, 0.29) is 17.9 Å². The van der Waals surface area contributed by atoms with Crippen LogP contribution in [0.15, 0.2) is 18.2 Å². The second kappa shape index (κ2) is 7.53. The van der Waals surface area contributed by atoms with Crippen molar-refractivity contribution in [2.75, 3.05) is 13.1 Å². The number of nitrogens with zero attached hydrogens (tertiary/aromatic N) is 1. The third-order valence-electron chi connectivity index (χ3n) is 3.66. The highest BCUT2D eigenvalue weighted by Crippen LogP contribution is 2.24. The van der Waals surface area contributed by atoms with Gasteiger partial charge in [-0.1, -0.05) is 23.2 Å². The minimum atomic E-state index is -0.545. The second-order valence-electron chi connectivity index (χ2n) is 5.32. The second-order valence-corrected chi connectivity index (χ2v) is 6.79. The van der Waals surface area contributed by atoms with Crippen molar-refractivity contribution >= 4 is 46.6 Å². The molecule has 1 unspecified atom stereocenters. The van der Waals surface area contributed by atoms with E-state index >= 15 is 0 Å². The van der Waals surface area contributed by atoms with E-state index in [4.69, 9.17) is 34.8 Å². The number of carbonyl (C=O) groups excluding carboxylic acids is 2. The maximum atomic E-state index is 12.4. The summed E-state index contributed by atoms with van der Waals surface area (Å²) in [4.78, 5) is 25.7. The molecule has 1 aromatic carbocycles. The zero-order valence-corrected chi connectivity index (χ0v) is 14.4. The molecule has 1 aliphatic rings. The Morgan fingerprint density at radius 1 is 1.23 bits per heavy atom. The van der Waals surface area contributed by atoms with Crippen molar-refractivity contribution in [2.24, 2.45) is 0 Å². The SMILES string of the molecule is CC(Cl)C(=O)NC1CCN(C(=O)c2ccc(Cl)c(Cl)c2)CC1. The van der Waals surface area contributed by atoms with Gasteiger partial charge in [0.15, 0.2) is 0 Å². The Morgan fingerprint density at radius 2 is 1.86 bits per heavy atom. The summed E-state index contributed by atoms with van der Waals surface area (Å²) in [5.41, 5.74) is 0.520. The van der Waals surface area contributed by atoms with Crippen molar-refractivity contribution in [1.29, 1.82) is 0 Å². The van der Waals surface area contributed by atoms with Crippen LogP contribution in [-0.2, 0) is 4.79 Å². The number of alkyl halides is 1. The van der Waals surface area contributed by atoms with Crippen molar-refractivity contribution in [3.05, 3.63) is 33.8 Å². The molecule has 2 amide bonds. The summed E-state index contributed by atoms with van der Waals surface area (Å²) < 4.78 is 0. The molecule has 4 nitrogen and oxygen atoms in total. The van der Waals surface area contributed by atoms with Gasteiger partial charge in [-0.3, -0.25) is 9.59 Å². The first kappa shape index (κ1) is 17.4. The van der Waals surface area contributed by atoms with Gasteiger partial charge >= 0.3 is 0 Å². The number of hydrogen-bond acceptors (Lipinski definition) is 2. The molecule has 0 spiro atoms. The number of likely N-dealkylation sites (tertiary alicyclic amines) is 1. The number of rotatable bonds is 3. The molecule has 7 heteroatoms. The predicted octanol–water partition coefficient (Wildman–Crippen LogP) is 3.34. The molecule has 120 valence electrons. The number of halogens is 3. The Balaban J connectivity index is 1.92. The molecular formula is C15H17Cl3N2O2. The van der Waals surface area contributed by atoms with Crippen molar-refractivity contribution < 1.29 is 9.59 Å². The zero-order chi connectivity index (χ0) is 16.3. The van der Waals surface area contributed by atoms with Gasteiger partial charge in [0.05, 0.1) is 10.0 Å². The molecule has 1 atom stereocenters. The molecule has 0 aliphatic carbocycles. The largest absolute Gasteiger partial charge is 0.352 e. The van der Waals surface area contributed by atoms with Gasteiger partial charge in [-0.25, -0.2) is 0 Å². The van der Waals surface area contributed by atoms with Gasteiger partial charge in [0.1, 0.15) is 5.38 Å². The maximum absolute atomic E-state index is 12.4. The lowest BCUT2D eigenvalue weighted by Gasteiger charge is -2.32. The Hall–Kier alpha value is -0.970. The Labute approximate surface area is 144 Å². The first-order valence-corrected chi connectivity index (χ1v) is 8.26. The zero-order valence-electron chi connectivity index (χ0n) is 12.1. The summed E-state index contributed by atoms with van der Waals surface area (Å²) in [6.45, 7) is 2.81. The summed E-state index contributed by atoms with van der Waals surface area (Å²) in [5, 5.41) is 3.13. The van der Waals surface area contributed by atoms with Crippen LogP contribution < -0.4 is 5.32 Å². The lowest BCUT2D eigenvalue weighted by Crippen LogP contribution is -2.47. The first-order chi connectivity index (χ1) is 10.4. The monoisotopic (exact) mass is 362 g/mol. The molecule has 1 heterocycles. The average Bonchev–Trinajstić information content (AvgIpc) is 2.50. The first-order valence-electron chi connectivity index (χ1n) is 7.07. The molecule has 0 bridgehead atoms. The van der Waals surface area contributed by atoms with Crippen LogP contribution in [0.4, 0.5) is 0 Å². The van der Waals surface area contributed by atoms with Crippen LogP contribution in [0, 0.1) is 0 Å². The molecule has 2 rings (SSSR count). The molecule has 1 saturated heterocycles. The van der Waals surface area contributed by atoms with Crippen LogP contribution in [0.2, 0.25) is 10.0 Å². The Kier molecular flexibility index (Phi) is 5.95. The lowest BCUT2D eigenvalue weighted by atomic mass is 10.0. The highest BCUT2D eigenvalue weighted by molar-refractivity contribution is 6.42. The van der Waals surface area contributed by atoms with E-state index in [0.717, 1.165) is 0 Å². The van der Waals surface area contributed by atoms with Crippen molar-refractivity contribution in [2.45, 2.75) is 31.2 Å². The Bertz CT molecular complexity index is 570. The summed E-state index contributed by atoms with van der Waals surface area (Å²) in [6, 6.07) is 4.92. The fraction of sp³-hybridized carbons (Fsp3) is 0.467. The highest BCUT2D eigenvalue weighted by Gasteiger charge is 2.25. The van der Waals surface area contributed by atoms with E-state index in [0.29, 0.717) is 41.5 Å². The van der Waals surface area contributed by atoms with Crippen molar-refractivity contribution in [3.8, 4) is 0 Å². The van der Waals surface area contributed by atoms with Crippen LogP contribution >= 0.6 is 34.8 Å². The number of hydrogen-bond donors (Lipinski definition) is 1. The predicted molar refractivity (Wildman–Crippen MR) is 88.8 cm³/mol. The summed E-state index contributed by atoms with van der Waals surface area (Å²) in [5.74, 6) is -0.245. The smallest absolute Gasteiger partial charge is 0.253 e. The van der Waals surface area contributed by atoms with E-state index in [1.807, 2.05) is 0 Å². The molecule has 22 heavy (non-hydrogen) atoms. The number of carbonyl (C=O) groups is 2. The molecule has 0 saturated carbocycles. The number of amides is 2. The Morgan fingerprint density at radius 3 is 2.41 bits per heavy atom. The van der Waals surface area contributed by atoms with Crippen LogP contribution in [0.5, 0.6) is 0 Å². The van der Waals surface area contributed by atoms with Gasteiger partial charge in [0, 0.05) is 24.7 Å². The van der Waals surface area contributed by atoms with Crippen LogP contribution in [0.25, 0.3) is 0 Å². The third kappa shape index (κ3) is 4.28.